The molecule has 0 bridgehead atoms. The van der Waals surface area contributed by atoms with E-state index in [0.717, 1.165) is 24.9 Å². The number of aromatic nitrogens is 1. The number of likely N-dealkylation sites (N-methyl/N-ethyl adjacent to an activating group) is 1. The zero-order valence-electron chi connectivity index (χ0n) is 12.9. The zero-order valence-corrected chi connectivity index (χ0v) is 12.9. The number of methoxy groups -OCH3 is 1. The normalized spacial score (nSPS) is 19.0. The molecule has 21 heavy (non-hydrogen) atoms. The van der Waals surface area contributed by atoms with E-state index < -0.39 is 0 Å². The van der Waals surface area contributed by atoms with E-state index in [-0.39, 0.29) is 11.6 Å². The van der Waals surface area contributed by atoms with Gasteiger partial charge in [-0.2, -0.15) is 0 Å². The van der Waals surface area contributed by atoms with Crippen LogP contribution >= 0.6 is 0 Å². The number of hydrogen-bond donors (Lipinski definition) is 1. The maximum absolute atomic E-state index is 5.99. The number of pyridine rings is 1. The van der Waals surface area contributed by atoms with Gasteiger partial charge in [0.1, 0.15) is 0 Å². The SMILES string of the molecule is CCNC(c1cnc2ccccc2c1)C1(OC)CCCC1. The molecular formula is C18H24N2O. The molecule has 3 nitrogen and oxygen atoms in total. The molecule has 112 valence electrons. The molecule has 1 saturated carbocycles. The van der Waals surface area contributed by atoms with Gasteiger partial charge in [0.15, 0.2) is 0 Å². The largest absolute Gasteiger partial charge is 0.376 e. The molecule has 3 rings (SSSR count). The molecule has 1 unspecified atom stereocenters. The number of para-hydroxylation sites is 1. The lowest BCUT2D eigenvalue weighted by Gasteiger charge is -2.37. The molecule has 1 atom stereocenters. The van der Waals surface area contributed by atoms with Gasteiger partial charge in [-0.1, -0.05) is 38.0 Å². The maximum atomic E-state index is 5.99. The molecule has 0 saturated heterocycles. The summed E-state index contributed by atoms with van der Waals surface area (Å²) in [4.78, 5) is 4.63. The summed E-state index contributed by atoms with van der Waals surface area (Å²) in [7, 11) is 1.85. The molecule has 2 aromatic rings. The molecule has 0 aliphatic heterocycles. The van der Waals surface area contributed by atoms with Gasteiger partial charge < -0.3 is 10.1 Å². The van der Waals surface area contributed by atoms with Crippen molar-refractivity contribution in [1.29, 1.82) is 0 Å². The van der Waals surface area contributed by atoms with Crippen molar-refractivity contribution in [2.45, 2.75) is 44.2 Å². The van der Waals surface area contributed by atoms with Gasteiger partial charge in [0.25, 0.3) is 0 Å². The average Bonchev–Trinajstić information content (AvgIpc) is 3.02. The lowest BCUT2D eigenvalue weighted by atomic mass is 9.87. The van der Waals surface area contributed by atoms with E-state index in [1.165, 1.54) is 23.8 Å². The van der Waals surface area contributed by atoms with Crippen molar-refractivity contribution in [2.75, 3.05) is 13.7 Å². The average molecular weight is 284 g/mol. The van der Waals surface area contributed by atoms with Gasteiger partial charge >= 0.3 is 0 Å². The molecule has 1 N–H and O–H groups in total. The van der Waals surface area contributed by atoms with Crippen LogP contribution in [-0.4, -0.2) is 24.2 Å². The second kappa shape index (κ2) is 6.12. The highest BCUT2D eigenvalue weighted by Gasteiger charge is 2.42. The Labute approximate surface area is 126 Å². The second-order valence-electron chi connectivity index (χ2n) is 5.93. The summed E-state index contributed by atoms with van der Waals surface area (Å²) in [6, 6.07) is 10.8. The van der Waals surface area contributed by atoms with Crippen LogP contribution in [0.1, 0.15) is 44.2 Å². The lowest BCUT2D eigenvalue weighted by Crippen LogP contribution is -2.43. The highest BCUT2D eigenvalue weighted by Crippen LogP contribution is 2.42. The van der Waals surface area contributed by atoms with E-state index in [1.807, 2.05) is 19.4 Å². The molecule has 1 aromatic heterocycles. The van der Waals surface area contributed by atoms with Crippen molar-refractivity contribution in [3.63, 3.8) is 0 Å². The highest BCUT2D eigenvalue weighted by atomic mass is 16.5. The van der Waals surface area contributed by atoms with Gasteiger partial charge in [0.2, 0.25) is 0 Å². The van der Waals surface area contributed by atoms with E-state index in [9.17, 15) is 0 Å². The maximum Gasteiger partial charge on any atom is 0.0873 e. The molecule has 0 spiro atoms. The Bertz CT molecular complexity index is 605. The molecule has 1 heterocycles. The van der Waals surface area contributed by atoms with Gasteiger partial charge in [-0.3, -0.25) is 4.98 Å². The molecule has 1 aromatic carbocycles. The van der Waals surface area contributed by atoms with Crippen LogP contribution in [0.4, 0.5) is 0 Å². The predicted molar refractivity (Wildman–Crippen MR) is 86.4 cm³/mol. The van der Waals surface area contributed by atoms with Crippen molar-refractivity contribution in [2.24, 2.45) is 0 Å². The molecule has 0 amide bonds. The van der Waals surface area contributed by atoms with Gasteiger partial charge in [-0.05, 0) is 37.1 Å². The van der Waals surface area contributed by atoms with Crippen LogP contribution in [0.15, 0.2) is 36.5 Å². The molecular weight excluding hydrogens is 260 g/mol. The fraction of sp³-hybridized carbons (Fsp3) is 0.500. The third kappa shape index (κ3) is 2.68. The lowest BCUT2D eigenvalue weighted by molar-refractivity contribution is -0.0364. The Morgan fingerprint density at radius 3 is 2.76 bits per heavy atom. The van der Waals surface area contributed by atoms with Crippen molar-refractivity contribution >= 4 is 10.9 Å². The Morgan fingerprint density at radius 1 is 1.29 bits per heavy atom. The van der Waals surface area contributed by atoms with Crippen LogP contribution in [0.3, 0.4) is 0 Å². The summed E-state index contributed by atoms with van der Waals surface area (Å²) in [5.41, 5.74) is 2.20. The van der Waals surface area contributed by atoms with Crippen molar-refractivity contribution in [3.05, 3.63) is 42.1 Å². The van der Waals surface area contributed by atoms with E-state index in [2.05, 4.69) is 41.5 Å². The third-order valence-electron chi connectivity index (χ3n) is 4.74. The summed E-state index contributed by atoms with van der Waals surface area (Å²) in [6.45, 7) is 3.09. The highest BCUT2D eigenvalue weighted by molar-refractivity contribution is 5.78. The summed E-state index contributed by atoms with van der Waals surface area (Å²) in [5, 5.41) is 4.83. The minimum Gasteiger partial charge on any atom is -0.376 e. The summed E-state index contributed by atoms with van der Waals surface area (Å²) < 4.78 is 5.99. The Morgan fingerprint density at radius 2 is 2.05 bits per heavy atom. The van der Waals surface area contributed by atoms with Crippen LogP contribution in [0.2, 0.25) is 0 Å². The standard InChI is InChI=1S/C18H24N2O/c1-3-19-17(18(21-2)10-6-7-11-18)15-12-14-8-4-5-9-16(14)20-13-15/h4-5,8-9,12-13,17,19H,3,6-7,10-11H2,1-2H3. The second-order valence-corrected chi connectivity index (χ2v) is 5.93. The molecule has 0 radical (unpaired) electrons. The molecule has 1 fully saturated rings. The Hall–Kier alpha value is -1.45. The Kier molecular flexibility index (Phi) is 4.22. The number of nitrogens with zero attached hydrogens (tertiary/aromatic N) is 1. The quantitative estimate of drug-likeness (QED) is 0.905. The summed E-state index contributed by atoms with van der Waals surface area (Å²) >= 11 is 0. The monoisotopic (exact) mass is 284 g/mol. The topological polar surface area (TPSA) is 34.2 Å². The predicted octanol–water partition coefficient (Wildman–Crippen LogP) is 3.84. The number of nitrogens with one attached hydrogen (secondary N) is 1. The van der Waals surface area contributed by atoms with Crippen LogP contribution in [0.5, 0.6) is 0 Å². The number of rotatable bonds is 5. The minimum absolute atomic E-state index is 0.0832. The van der Waals surface area contributed by atoms with Crippen LogP contribution in [0, 0.1) is 0 Å². The first-order valence-corrected chi connectivity index (χ1v) is 7.92. The number of hydrogen-bond acceptors (Lipinski definition) is 3. The number of benzene rings is 1. The van der Waals surface area contributed by atoms with Gasteiger partial charge in [-0.15, -0.1) is 0 Å². The Balaban J connectivity index is 2.02. The van der Waals surface area contributed by atoms with Crippen molar-refractivity contribution < 1.29 is 4.74 Å². The number of ether oxygens (including phenoxy) is 1. The zero-order chi connectivity index (χ0) is 14.7. The molecule has 1 aliphatic carbocycles. The smallest absolute Gasteiger partial charge is 0.0873 e. The third-order valence-corrected chi connectivity index (χ3v) is 4.74. The fourth-order valence-electron chi connectivity index (χ4n) is 3.64. The summed E-state index contributed by atoms with van der Waals surface area (Å²) in [6.07, 6.45) is 6.74. The summed E-state index contributed by atoms with van der Waals surface area (Å²) in [5.74, 6) is 0. The fourth-order valence-corrected chi connectivity index (χ4v) is 3.64. The van der Waals surface area contributed by atoms with E-state index in [4.69, 9.17) is 4.74 Å². The van der Waals surface area contributed by atoms with Gasteiger partial charge in [0, 0.05) is 18.7 Å². The first kappa shape index (κ1) is 14.5. The number of fused-ring (bicyclic) bond motifs is 1. The molecule has 1 aliphatic rings. The first-order valence-electron chi connectivity index (χ1n) is 7.92. The van der Waals surface area contributed by atoms with Crippen LogP contribution in [0.25, 0.3) is 10.9 Å². The van der Waals surface area contributed by atoms with E-state index in [1.54, 1.807) is 0 Å². The minimum atomic E-state index is -0.0832. The van der Waals surface area contributed by atoms with E-state index >= 15 is 0 Å². The molecule has 3 heteroatoms. The van der Waals surface area contributed by atoms with Crippen LogP contribution in [-0.2, 0) is 4.74 Å². The van der Waals surface area contributed by atoms with Gasteiger partial charge in [-0.25, -0.2) is 0 Å². The van der Waals surface area contributed by atoms with Crippen molar-refractivity contribution in [3.8, 4) is 0 Å². The van der Waals surface area contributed by atoms with Gasteiger partial charge in [0.05, 0.1) is 17.2 Å². The van der Waals surface area contributed by atoms with Crippen LogP contribution < -0.4 is 5.32 Å². The first-order chi connectivity index (χ1) is 10.3. The van der Waals surface area contributed by atoms with Crippen molar-refractivity contribution in [1.82, 2.24) is 10.3 Å². The van der Waals surface area contributed by atoms with E-state index in [0.29, 0.717) is 0 Å².